The molecule has 0 radical (unpaired) electrons. The molecule has 0 aliphatic rings. The maximum absolute atomic E-state index is 12.4. The van der Waals surface area contributed by atoms with Crippen molar-refractivity contribution in [2.75, 3.05) is 0 Å². The van der Waals surface area contributed by atoms with E-state index >= 15 is 0 Å². The fraction of sp³-hybridized carbons (Fsp3) is 0.250. The fourth-order valence-corrected chi connectivity index (χ4v) is 1.10. The highest BCUT2D eigenvalue weighted by molar-refractivity contribution is 9.09. The van der Waals surface area contributed by atoms with Crippen molar-refractivity contribution in [3.05, 3.63) is 35.9 Å². The topological polar surface area (TPSA) is 20.2 Å². The van der Waals surface area contributed by atoms with Gasteiger partial charge in [0.05, 0.1) is 0 Å². The van der Waals surface area contributed by atoms with Gasteiger partial charge < -0.3 is 5.11 Å². The van der Waals surface area contributed by atoms with Gasteiger partial charge in [-0.3, -0.25) is 0 Å². The van der Waals surface area contributed by atoms with Crippen LogP contribution in [0.15, 0.2) is 30.3 Å². The number of benzene rings is 1. The van der Waals surface area contributed by atoms with E-state index in [2.05, 4.69) is 15.9 Å². The van der Waals surface area contributed by atoms with E-state index in [0.29, 0.717) is 5.56 Å². The zero-order valence-electron chi connectivity index (χ0n) is 5.74. The third-order valence-electron chi connectivity index (χ3n) is 1.38. The number of aliphatic hydroxyl groups is 1. The molecule has 0 unspecified atom stereocenters. The first-order valence-corrected chi connectivity index (χ1v) is 4.14. The third kappa shape index (κ3) is 2.27. The number of hydrogen-bond acceptors (Lipinski definition) is 1. The number of halogens is 2. The predicted octanol–water partition coefficient (Wildman–Crippen LogP) is 2.41. The van der Waals surface area contributed by atoms with Crippen molar-refractivity contribution in [2.24, 2.45) is 0 Å². The maximum Gasteiger partial charge on any atom is 0.184 e. The maximum atomic E-state index is 12.4. The summed E-state index contributed by atoms with van der Waals surface area (Å²) in [5.74, 6) is 0. The molecule has 0 saturated carbocycles. The van der Waals surface area contributed by atoms with Crippen molar-refractivity contribution >= 4 is 15.9 Å². The molecule has 1 rings (SSSR count). The smallest absolute Gasteiger partial charge is 0.184 e. The van der Waals surface area contributed by atoms with E-state index in [0.717, 1.165) is 0 Å². The molecular weight excluding hydrogens is 211 g/mol. The van der Waals surface area contributed by atoms with Crippen molar-refractivity contribution < 1.29 is 9.50 Å². The Balaban J connectivity index is 2.77. The standard InChI is InChI=1S/C8H8BrFO/c9-8(10)7(11)6-4-2-1-3-5-6/h1-5,7-8,11H/t7-,8+/m1/s1. The molecule has 0 aliphatic heterocycles. The Kier molecular flexibility index (Phi) is 3.02. The van der Waals surface area contributed by atoms with E-state index < -0.39 is 11.2 Å². The minimum absolute atomic E-state index is 0.580. The van der Waals surface area contributed by atoms with Gasteiger partial charge in [-0.05, 0) is 21.5 Å². The molecule has 2 atom stereocenters. The SMILES string of the molecule is O[C@H](c1ccccc1)[C@H](F)Br. The molecule has 1 N–H and O–H groups in total. The van der Waals surface area contributed by atoms with Crippen molar-refractivity contribution in [3.63, 3.8) is 0 Å². The first-order chi connectivity index (χ1) is 5.22. The summed E-state index contributed by atoms with van der Waals surface area (Å²) in [5.41, 5.74) is 0.580. The Morgan fingerprint density at radius 2 is 1.82 bits per heavy atom. The highest BCUT2D eigenvalue weighted by Gasteiger charge is 2.15. The second-order valence-electron chi connectivity index (χ2n) is 2.19. The highest BCUT2D eigenvalue weighted by atomic mass is 79.9. The predicted molar refractivity (Wildman–Crippen MR) is 45.2 cm³/mol. The van der Waals surface area contributed by atoms with Gasteiger partial charge in [-0.25, -0.2) is 4.39 Å². The van der Waals surface area contributed by atoms with Crippen LogP contribution in [0.5, 0.6) is 0 Å². The van der Waals surface area contributed by atoms with Crippen LogP contribution in [0.4, 0.5) is 4.39 Å². The molecule has 0 amide bonds. The summed E-state index contributed by atoms with van der Waals surface area (Å²) in [6.45, 7) is 0. The lowest BCUT2D eigenvalue weighted by Gasteiger charge is -2.09. The first kappa shape index (κ1) is 8.68. The average Bonchev–Trinajstić information content (AvgIpc) is 2.05. The molecule has 1 aromatic carbocycles. The second kappa shape index (κ2) is 3.83. The van der Waals surface area contributed by atoms with Crippen LogP contribution in [0, 0.1) is 0 Å². The summed E-state index contributed by atoms with van der Waals surface area (Å²) in [4.78, 5) is 0. The summed E-state index contributed by atoms with van der Waals surface area (Å²) < 4.78 is 12.4. The fourth-order valence-electron chi connectivity index (χ4n) is 0.796. The van der Waals surface area contributed by atoms with Gasteiger partial charge in [0, 0.05) is 0 Å². The molecular formula is C8H8BrFO. The van der Waals surface area contributed by atoms with Crippen LogP contribution in [0.25, 0.3) is 0 Å². The van der Waals surface area contributed by atoms with Crippen LogP contribution in [0.3, 0.4) is 0 Å². The number of hydrogen-bond donors (Lipinski definition) is 1. The molecule has 0 aromatic heterocycles. The highest BCUT2D eigenvalue weighted by Crippen LogP contribution is 2.22. The van der Waals surface area contributed by atoms with E-state index in [9.17, 15) is 9.50 Å². The largest absolute Gasteiger partial charge is 0.384 e. The number of aliphatic hydroxyl groups excluding tert-OH is 1. The molecule has 11 heavy (non-hydrogen) atoms. The number of alkyl halides is 2. The summed E-state index contributed by atoms with van der Waals surface area (Å²) in [7, 11) is 0. The average molecular weight is 219 g/mol. The summed E-state index contributed by atoms with van der Waals surface area (Å²) in [6, 6.07) is 8.69. The van der Waals surface area contributed by atoms with Gasteiger partial charge in [-0.15, -0.1) is 0 Å². The van der Waals surface area contributed by atoms with E-state index in [1.54, 1.807) is 24.3 Å². The molecule has 0 heterocycles. The lowest BCUT2D eigenvalue weighted by atomic mass is 10.1. The van der Waals surface area contributed by atoms with Crippen LogP contribution >= 0.6 is 15.9 Å². The van der Waals surface area contributed by atoms with Gasteiger partial charge >= 0.3 is 0 Å². The van der Waals surface area contributed by atoms with Gasteiger partial charge in [-0.2, -0.15) is 0 Å². The quantitative estimate of drug-likeness (QED) is 0.757. The Hall–Kier alpha value is -0.410. The monoisotopic (exact) mass is 218 g/mol. The molecule has 1 aromatic rings. The minimum atomic E-state index is -1.40. The van der Waals surface area contributed by atoms with E-state index in [4.69, 9.17) is 0 Å². The van der Waals surface area contributed by atoms with Crippen molar-refractivity contribution in [1.29, 1.82) is 0 Å². The van der Waals surface area contributed by atoms with Gasteiger partial charge in [0.25, 0.3) is 0 Å². The van der Waals surface area contributed by atoms with Crippen LogP contribution < -0.4 is 0 Å². The molecule has 1 nitrogen and oxygen atoms in total. The van der Waals surface area contributed by atoms with Crippen molar-refractivity contribution in [2.45, 2.75) is 11.2 Å². The molecule has 3 heteroatoms. The normalized spacial score (nSPS) is 15.9. The van der Waals surface area contributed by atoms with Crippen LogP contribution in [0.2, 0.25) is 0 Å². The molecule has 0 saturated heterocycles. The van der Waals surface area contributed by atoms with E-state index in [1.165, 1.54) is 0 Å². The van der Waals surface area contributed by atoms with Gasteiger partial charge in [-0.1, -0.05) is 30.3 Å². The third-order valence-corrected chi connectivity index (χ3v) is 1.88. The zero-order chi connectivity index (χ0) is 8.27. The number of rotatable bonds is 2. The van der Waals surface area contributed by atoms with Crippen LogP contribution in [0.1, 0.15) is 11.7 Å². The lowest BCUT2D eigenvalue weighted by molar-refractivity contribution is 0.127. The Morgan fingerprint density at radius 1 is 1.27 bits per heavy atom. The molecule has 0 bridgehead atoms. The van der Waals surface area contributed by atoms with Crippen molar-refractivity contribution in [3.8, 4) is 0 Å². The first-order valence-electron chi connectivity index (χ1n) is 3.23. The van der Waals surface area contributed by atoms with Gasteiger partial charge in [0.2, 0.25) is 0 Å². The summed E-state index contributed by atoms with van der Waals surface area (Å²) in [6.07, 6.45) is -1.07. The molecule has 0 spiro atoms. The molecule has 0 fully saturated rings. The Bertz CT molecular complexity index is 213. The molecule has 0 aliphatic carbocycles. The summed E-state index contributed by atoms with van der Waals surface area (Å²) in [5, 5.41) is 7.78. The second-order valence-corrected chi connectivity index (χ2v) is 3.06. The van der Waals surface area contributed by atoms with E-state index in [-0.39, 0.29) is 0 Å². The molecule has 60 valence electrons. The van der Waals surface area contributed by atoms with Crippen LogP contribution in [-0.4, -0.2) is 10.2 Å². The zero-order valence-corrected chi connectivity index (χ0v) is 7.33. The van der Waals surface area contributed by atoms with E-state index in [1.807, 2.05) is 6.07 Å². The minimum Gasteiger partial charge on any atom is -0.384 e. The van der Waals surface area contributed by atoms with Crippen LogP contribution in [-0.2, 0) is 0 Å². The lowest BCUT2D eigenvalue weighted by Crippen LogP contribution is -2.05. The van der Waals surface area contributed by atoms with Gasteiger partial charge in [0.15, 0.2) is 5.08 Å². The Labute approximate surface area is 73.0 Å². The Morgan fingerprint density at radius 3 is 2.27 bits per heavy atom. The van der Waals surface area contributed by atoms with Crippen molar-refractivity contribution in [1.82, 2.24) is 0 Å². The summed E-state index contributed by atoms with van der Waals surface area (Å²) >= 11 is 2.66. The van der Waals surface area contributed by atoms with Gasteiger partial charge in [0.1, 0.15) is 6.10 Å².